The van der Waals surface area contributed by atoms with Crippen molar-refractivity contribution >= 4 is 0 Å². The summed E-state index contributed by atoms with van der Waals surface area (Å²) in [7, 11) is 0. The zero-order chi connectivity index (χ0) is 21.4. The first-order valence-electron chi connectivity index (χ1n) is 9.61. The molecule has 2 N–H and O–H groups in total. The van der Waals surface area contributed by atoms with Gasteiger partial charge in [0, 0.05) is 17.2 Å². The number of benzene rings is 3. The first-order valence-corrected chi connectivity index (χ1v) is 9.61. The van der Waals surface area contributed by atoms with Gasteiger partial charge in [0.15, 0.2) is 11.5 Å². The predicted molar refractivity (Wildman–Crippen MR) is 109 cm³/mol. The van der Waals surface area contributed by atoms with E-state index < -0.39 is 5.92 Å². The molecular weight excluding hydrogens is 399 g/mol. The number of rotatable bonds is 4. The lowest BCUT2D eigenvalue weighted by atomic mass is 9.83. The number of nitrogens with two attached hydrogens (primary N) is 1. The third-order valence-corrected chi connectivity index (χ3v) is 5.25. The molecule has 5 rings (SSSR count). The van der Waals surface area contributed by atoms with Crippen LogP contribution in [-0.4, -0.2) is 6.79 Å². The molecule has 31 heavy (non-hydrogen) atoms. The Morgan fingerprint density at radius 1 is 1.00 bits per heavy atom. The van der Waals surface area contributed by atoms with Gasteiger partial charge in [0.25, 0.3) is 0 Å². The maximum absolute atomic E-state index is 13.2. The SMILES string of the molecule is N#CC1=C(N)Oc2cc3c(cc2[C@H]1c1ccccc1OCc1ccc(F)cc1)OCO3. The number of para-hydroxylation sites is 1. The molecule has 0 fully saturated rings. The zero-order valence-corrected chi connectivity index (χ0v) is 16.3. The van der Waals surface area contributed by atoms with E-state index in [1.54, 1.807) is 18.2 Å². The molecule has 0 saturated carbocycles. The highest BCUT2D eigenvalue weighted by Crippen LogP contribution is 2.49. The summed E-state index contributed by atoms with van der Waals surface area (Å²) in [6, 6.07) is 19.2. The second-order valence-corrected chi connectivity index (χ2v) is 7.12. The standard InChI is InChI=1S/C24H17FN2O4/c25-15-7-5-14(6-8-15)12-28-19-4-2-1-3-16(19)23-17-9-21-22(30-13-29-21)10-20(17)31-24(27)18(23)11-26/h1-10,23H,12-13,27H2/t23-/m1/s1. The molecule has 0 amide bonds. The average Bonchev–Trinajstić information content (AvgIpc) is 3.24. The molecular formula is C24H17FN2O4. The minimum Gasteiger partial charge on any atom is -0.489 e. The molecule has 0 aliphatic carbocycles. The van der Waals surface area contributed by atoms with Crippen molar-refractivity contribution in [1.82, 2.24) is 0 Å². The van der Waals surface area contributed by atoms with Crippen LogP contribution in [0.1, 0.15) is 22.6 Å². The van der Waals surface area contributed by atoms with Gasteiger partial charge in [-0.25, -0.2) is 4.39 Å². The second-order valence-electron chi connectivity index (χ2n) is 7.12. The molecule has 0 radical (unpaired) electrons. The molecule has 0 unspecified atom stereocenters. The van der Waals surface area contributed by atoms with E-state index in [4.69, 9.17) is 24.7 Å². The fourth-order valence-corrected chi connectivity index (χ4v) is 3.76. The van der Waals surface area contributed by atoms with Crippen LogP contribution in [0, 0.1) is 17.1 Å². The van der Waals surface area contributed by atoms with Gasteiger partial charge in [-0.2, -0.15) is 5.26 Å². The van der Waals surface area contributed by atoms with Gasteiger partial charge in [-0.05, 0) is 29.8 Å². The van der Waals surface area contributed by atoms with Crippen LogP contribution in [0.5, 0.6) is 23.0 Å². The summed E-state index contributed by atoms with van der Waals surface area (Å²) in [4.78, 5) is 0. The summed E-state index contributed by atoms with van der Waals surface area (Å²) in [6.45, 7) is 0.365. The van der Waals surface area contributed by atoms with E-state index in [1.807, 2.05) is 30.3 Å². The molecule has 2 aliphatic heterocycles. The molecule has 3 aromatic rings. The predicted octanol–water partition coefficient (Wildman–Crippen LogP) is 4.35. The molecule has 0 bridgehead atoms. The van der Waals surface area contributed by atoms with E-state index in [1.165, 1.54) is 12.1 Å². The highest BCUT2D eigenvalue weighted by atomic mass is 19.1. The monoisotopic (exact) mass is 416 g/mol. The highest BCUT2D eigenvalue weighted by Gasteiger charge is 2.34. The van der Waals surface area contributed by atoms with Gasteiger partial charge in [-0.15, -0.1) is 0 Å². The molecule has 0 saturated heterocycles. The molecule has 7 heteroatoms. The normalized spacial score (nSPS) is 16.3. The number of hydrogen-bond acceptors (Lipinski definition) is 6. The van der Waals surface area contributed by atoms with E-state index in [0.717, 1.165) is 16.7 Å². The van der Waals surface area contributed by atoms with Crippen molar-refractivity contribution in [3.8, 4) is 29.1 Å². The van der Waals surface area contributed by atoms with Crippen LogP contribution in [0.4, 0.5) is 4.39 Å². The van der Waals surface area contributed by atoms with Gasteiger partial charge in [0.2, 0.25) is 12.7 Å². The molecule has 6 nitrogen and oxygen atoms in total. The zero-order valence-electron chi connectivity index (χ0n) is 16.3. The number of halogens is 1. The van der Waals surface area contributed by atoms with E-state index in [2.05, 4.69) is 6.07 Å². The van der Waals surface area contributed by atoms with E-state index in [0.29, 0.717) is 23.0 Å². The molecule has 2 aliphatic rings. The van der Waals surface area contributed by atoms with Gasteiger partial charge >= 0.3 is 0 Å². The van der Waals surface area contributed by atoms with Crippen molar-refractivity contribution in [3.05, 3.63) is 94.6 Å². The lowest BCUT2D eigenvalue weighted by molar-refractivity contribution is 0.174. The maximum atomic E-state index is 13.2. The fourth-order valence-electron chi connectivity index (χ4n) is 3.76. The molecule has 1 atom stereocenters. The van der Waals surface area contributed by atoms with Crippen LogP contribution in [0.3, 0.4) is 0 Å². The Kier molecular flexibility index (Phi) is 4.60. The molecule has 0 spiro atoms. The number of ether oxygens (including phenoxy) is 4. The molecule has 3 aromatic carbocycles. The Bertz CT molecular complexity index is 1230. The third kappa shape index (κ3) is 3.38. The van der Waals surface area contributed by atoms with E-state index >= 15 is 0 Å². The summed E-state index contributed by atoms with van der Waals surface area (Å²) in [5.41, 5.74) is 8.68. The van der Waals surface area contributed by atoms with Crippen molar-refractivity contribution < 1.29 is 23.3 Å². The Balaban J connectivity index is 1.56. The van der Waals surface area contributed by atoms with Crippen molar-refractivity contribution in [2.75, 3.05) is 6.79 Å². The average molecular weight is 416 g/mol. The van der Waals surface area contributed by atoms with Crippen molar-refractivity contribution in [2.24, 2.45) is 5.73 Å². The Labute approximate surface area is 177 Å². The maximum Gasteiger partial charge on any atom is 0.231 e. The number of nitrogens with zero attached hydrogens (tertiary/aromatic N) is 1. The van der Waals surface area contributed by atoms with Gasteiger partial charge in [-0.1, -0.05) is 30.3 Å². The molecule has 0 aromatic heterocycles. The van der Waals surface area contributed by atoms with Crippen LogP contribution in [0.2, 0.25) is 0 Å². The van der Waals surface area contributed by atoms with Crippen LogP contribution >= 0.6 is 0 Å². The topological polar surface area (TPSA) is 86.7 Å². The molecule has 2 heterocycles. The first kappa shape index (κ1) is 18.8. The lowest BCUT2D eigenvalue weighted by Gasteiger charge is -2.28. The van der Waals surface area contributed by atoms with Crippen LogP contribution in [0.15, 0.2) is 72.1 Å². The summed E-state index contributed by atoms with van der Waals surface area (Å²) in [5.74, 6) is 1.45. The highest BCUT2D eigenvalue weighted by molar-refractivity contribution is 5.63. The van der Waals surface area contributed by atoms with Crippen LogP contribution < -0.4 is 24.7 Å². The second kappa shape index (κ2) is 7.58. The summed E-state index contributed by atoms with van der Waals surface area (Å²) in [5, 5.41) is 9.84. The quantitative estimate of drug-likeness (QED) is 0.680. The van der Waals surface area contributed by atoms with Crippen LogP contribution in [0.25, 0.3) is 0 Å². The van der Waals surface area contributed by atoms with Gasteiger partial charge in [-0.3, -0.25) is 0 Å². The minimum absolute atomic E-state index is 0.0344. The Hall–Kier alpha value is -4.18. The van der Waals surface area contributed by atoms with Crippen molar-refractivity contribution in [2.45, 2.75) is 12.5 Å². The summed E-state index contributed by atoms with van der Waals surface area (Å²) >= 11 is 0. The first-order chi connectivity index (χ1) is 15.1. The number of fused-ring (bicyclic) bond motifs is 2. The van der Waals surface area contributed by atoms with Crippen LogP contribution in [-0.2, 0) is 6.61 Å². The smallest absolute Gasteiger partial charge is 0.231 e. The largest absolute Gasteiger partial charge is 0.489 e. The van der Waals surface area contributed by atoms with Gasteiger partial charge in [0.05, 0.1) is 5.92 Å². The fraction of sp³-hybridized carbons (Fsp3) is 0.125. The summed E-state index contributed by atoms with van der Waals surface area (Å²) in [6.07, 6.45) is 0. The molecule has 154 valence electrons. The lowest BCUT2D eigenvalue weighted by Crippen LogP contribution is -2.21. The Morgan fingerprint density at radius 3 is 2.52 bits per heavy atom. The summed E-state index contributed by atoms with van der Waals surface area (Å²) < 4.78 is 35.9. The number of allylic oxidation sites excluding steroid dienone is 1. The van der Waals surface area contributed by atoms with Crippen molar-refractivity contribution in [1.29, 1.82) is 5.26 Å². The van der Waals surface area contributed by atoms with Crippen molar-refractivity contribution in [3.63, 3.8) is 0 Å². The number of hydrogen-bond donors (Lipinski definition) is 1. The number of nitriles is 1. The van der Waals surface area contributed by atoms with E-state index in [9.17, 15) is 9.65 Å². The Morgan fingerprint density at radius 2 is 1.74 bits per heavy atom. The third-order valence-electron chi connectivity index (χ3n) is 5.25. The minimum atomic E-state index is -0.507. The van der Waals surface area contributed by atoms with E-state index in [-0.39, 0.29) is 30.7 Å². The van der Waals surface area contributed by atoms with Gasteiger partial charge in [0.1, 0.15) is 35.6 Å². The van der Waals surface area contributed by atoms with Gasteiger partial charge < -0.3 is 24.7 Å².